The summed E-state index contributed by atoms with van der Waals surface area (Å²) in [5.74, 6) is 1.53. The van der Waals surface area contributed by atoms with Gasteiger partial charge < -0.3 is 4.74 Å². The van der Waals surface area contributed by atoms with Gasteiger partial charge in [0.15, 0.2) is 0 Å². The van der Waals surface area contributed by atoms with Crippen molar-refractivity contribution in [3.8, 4) is 5.75 Å². The van der Waals surface area contributed by atoms with E-state index in [9.17, 15) is 8.42 Å². The van der Waals surface area contributed by atoms with E-state index in [4.69, 9.17) is 15.4 Å². The first-order valence-corrected chi connectivity index (χ1v) is 7.96. The standard InChI is InChI=1S/C12H15ClO3S/c1-9-8-11(16-7-6-10-2-3-10)4-5-12(9)17(13,14)15/h4-5,8,10H,2-3,6-7H2,1H3. The zero-order valence-electron chi connectivity index (χ0n) is 9.65. The van der Waals surface area contributed by atoms with E-state index in [0.717, 1.165) is 12.3 Å². The van der Waals surface area contributed by atoms with Crippen LogP contribution in [-0.4, -0.2) is 15.0 Å². The van der Waals surface area contributed by atoms with E-state index < -0.39 is 9.05 Å². The molecule has 1 saturated carbocycles. The van der Waals surface area contributed by atoms with Crippen LogP contribution in [0.15, 0.2) is 23.1 Å². The van der Waals surface area contributed by atoms with E-state index in [0.29, 0.717) is 17.9 Å². The van der Waals surface area contributed by atoms with Crippen molar-refractivity contribution in [3.63, 3.8) is 0 Å². The highest BCUT2D eigenvalue weighted by Gasteiger charge is 2.20. The topological polar surface area (TPSA) is 43.4 Å². The third-order valence-electron chi connectivity index (χ3n) is 2.90. The molecule has 0 heterocycles. The molecule has 0 unspecified atom stereocenters. The molecule has 94 valence electrons. The quantitative estimate of drug-likeness (QED) is 0.775. The molecular weight excluding hydrogens is 260 g/mol. The van der Waals surface area contributed by atoms with Crippen LogP contribution in [0.5, 0.6) is 5.75 Å². The van der Waals surface area contributed by atoms with Crippen molar-refractivity contribution in [2.45, 2.75) is 31.1 Å². The number of rotatable bonds is 5. The molecule has 0 amide bonds. The van der Waals surface area contributed by atoms with Crippen molar-refractivity contribution < 1.29 is 13.2 Å². The average Bonchev–Trinajstić information content (AvgIpc) is 2.99. The predicted octanol–water partition coefficient (Wildman–Crippen LogP) is 3.10. The fourth-order valence-corrected chi connectivity index (χ4v) is 2.93. The van der Waals surface area contributed by atoms with Crippen LogP contribution in [0.4, 0.5) is 0 Å². The molecule has 2 rings (SSSR count). The maximum atomic E-state index is 11.2. The molecule has 17 heavy (non-hydrogen) atoms. The predicted molar refractivity (Wildman–Crippen MR) is 67.1 cm³/mol. The molecule has 1 aliphatic rings. The van der Waals surface area contributed by atoms with Gasteiger partial charge in [-0.05, 0) is 43.0 Å². The normalized spacial score (nSPS) is 15.9. The molecule has 0 aliphatic heterocycles. The fraction of sp³-hybridized carbons (Fsp3) is 0.500. The molecule has 0 N–H and O–H groups in total. The summed E-state index contributed by atoms with van der Waals surface area (Å²) in [5, 5.41) is 0. The number of halogens is 1. The second-order valence-corrected chi connectivity index (χ2v) is 6.98. The number of benzene rings is 1. The van der Waals surface area contributed by atoms with Crippen LogP contribution in [0, 0.1) is 12.8 Å². The first-order chi connectivity index (χ1) is 7.97. The van der Waals surface area contributed by atoms with Gasteiger partial charge in [-0.25, -0.2) is 8.42 Å². The van der Waals surface area contributed by atoms with Crippen LogP contribution >= 0.6 is 10.7 Å². The lowest BCUT2D eigenvalue weighted by Gasteiger charge is -2.08. The fourth-order valence-electron chi connectivity index (χ4n) is 1.74. The summed E-state index contributed by atoms with van der Waals surface area (Å²) in [7, 11) is 1.64. The highest BCUT2D eigenvalue weighted by molar-refractivity contribution is 8.13. The second-order valence-electron chi connectivity index (χ2n) is 4.45. The number of hydrogen-bond donors (Lipinski definition) is 0. The zero-order valence-corrected chi connectivity index (χ0v) is 11.2. The van der Waals surface area contributed by atoms with Gasteiger partial charge in [0.05, 0.1) is 11.5 Å². The summed E-state index contributed by atoms with van der Waals surface area (Å²) in [6, 6.07) is 4.85. The Labute approximate surface area is 106 Å². The second kappa shape index (κ2) is 4.86. The van der Waals surface area contributed by atoms with Crippen LogP contribution < -0.4 is 4.74 Å². The van der Waals surface area contributed by atoms with Crippen LogP contribution in [0.1, 0.15) is 24.8 Å². The highest BCUT2D eigenvalue weighted by atomic mass is 35.7. The maximum absolute atomic E-state index is 11.2. The van der Waals surface area contributed by atoms with E-state index in [-0.39, 0.29) is 4.90 Å². The summed E-state index contributed by atoms with van der Waals surface area (Å²) in [5.41, 5.74) is 0.615. The lowest BCUT2D eigenvalue weighted by Crippen LogP contribution is -2.00. The molecule has 0 aromatic heterocycles. The van der Waals surface area contributed by atoms with E-state index in [2.05, 4.69) is 0 Å². The Morgan fingerprint density at radius 3 is 2.65 bits per heavy atom. The van der Waals surface area contributed by atoms with Gasteiger partial charge in [0.25, 0.3) is 9.05 Å². The monoisotopic (exact) mass is 274 g/mol. The third-order valence-corrected chi connectivity index (χ3v) is 4.38. The Balaban J connectivity index is 2.02. The van der Waals surface area contributed by atoms with Crippen molar-refractivity contribution >= 4 is 19.7 Å². The first kappa shape index (κ1) is 12.7. The summed E-state index contributed by atoms with van der Waals surface area (Å²) in [6.45, 7) is 2.40. The molecule has 0 radical (unpaired) electrons. The smallest absolute Gasteiger partial charge is 0.261 e. The minimum atomic E-state index is -3.66. The summed E-state index contributed by atoms with van der Waals surface area (Å²) in [6.07, 6.45) is 3.70. The lowest BCUT2D eigenvalue weighted by atomic mass is 10.2. The van der Waals surface area contributed by atoms with Crippen LogP contribution in [0.2, 0.25) is 0 Å². The molecule has 0 spiro atoms. The zero-order chi connectivity index (χ0) is 12.5. The number of hydrogen-bond acceptors (Lipinski definition) is 3. The summed E-state index contributed by atoms with van der Waals surface area (Å²) < 4.78 is 28.0. The minimum absolute atomic E-state index is 0.147. The van der Waals surface area contributed by atoms with Gasteiger partial charge in [0, 0.05) is 10.7 Å². The Morgan fingerprint density at radius 2 is 2.12 bits per heavy atom. The van der Waals surface area contributed by atoms with E-state index >= 15 is 0 Å². The van der Waals surface area contributed by atoms with E-state index in [1.165, 1.54) is 18.9 Å². The van der Waals surface area contributed by atoms with Crippen molar-refractivity contribution in [1.29, 1.82) is 0 Å². The highest BCUT2D eigenvalue weighted by Crippen LogP contribution is 2.32. The molecule has 0 saturated heterocycles. The van der Waals surface area contributed by atoms with E-state index in [1.54, 1.807) is 19.1 Å². The minimum Gasteiger partial charge on any atom is -0.494 e. The first-order valence-electron chi connectivity index (χ1n) is 5.65. The number of aryl methyl sites for hydroxylation is 1. The Morgan fingerprint density at radius 1 is 1.41 bits per heavy atom. The van der Waals surface area contributed by atoms with Gasteiger partial charge in [0.2, 0.25) is 0 Å². The number of ether oxygens (including phenoxy) is 1. The Kier molecular flexibility index (Phi) is 3.64. The van der Waals surface area contributed by atoms with Gasteiger partial charge in [-0.3, -0.25) is 0 Å². The van der Waals surface area contributed by atoms with E-state index in [1.807, 2.05) is 0 Å². The van der Waals surface area contributed by atoms with Crippen LogP contribution in [0.25, 0.3) is 0 Å². The third kappa shape index (κ3) is 3.61. The lowest BCUT2D eigenvalue weighted by molar-refractivity contribution is 0.302. The Bertz CT molecular complexity index is 506. The molecule has 0 bridgehead atoms. The van der Waals surface area contributed by atoms with Gasteiger partial charge >= 0.3 is 0 Å². The molecule has 1 aromatic rings. The molecule has 1 aliphatic carbocycles. The summed E-state index contributed by atoms with van der Waals surface area (Å²) >= 11 is 0. The van der Waals surface area contributed by atoms with Crippen LogP contribution in [-0.2, 0) is 9.05 Å². The van der Waals surface area contributed by atoms with Crippen LogP contribution in [0.3, 0.4) is 0 Å². The molecule has 3 nitrogen and oxygen atoms in total. The van der Waals surface area contributed by atoms with Crippen molar-refractivity contribution in [2.24, 2.45) is 5.92 Å². The molecule has 0 atom stereocenters. The SMILES string of the molecule is Cc1cc(OCCC2CC2)ccc1S(=O)(=O)Cl. The van der Waals surface area contributed by atoms with Crippen molar-refractivity contribution in [3.05, 3.63) is 23.8 Å². The summed E-state index contributed by atoms with van der Waals surface area (Å²) in [4.78, 5) is 0.147. The van der Waals surface area contributed by atoms with Crippen molar-refractivity contribution in [2.75, 3.05) is 6.61 Å². The maximum Gasteiger partial charge on any atom is 0.261 e. The molecule has 1 fully saturated rings. The molecular formula is C12H15ClO3S. The average molecular weight is 275 g/mol. The molecule has 1 aromatic carbocycles. The van der Waals surface area contributed by atoms with Gasteiger partial charge in [-0.2, -0.15) is 0 Å². The van der Waals surface area contributed by atoms with Gasteiger partial charge in [-0.15, -0.1) is 0 Å². The van der Waals surface area contributed by atoms with Crippen molar-refractivity contribution in [1.82, 2.24) is 0 Å². The largest absolute Gasteiger partial charge is 0.494 e. The molecule has 5 heteroatoms. The van der Waals surface area contributed by atoms with Gasteiger partial charge in [-0.1, -0.05) is 12.8 Å². The Hall–Kier alpha value is -0.740. The van der Waals surface area contributed by atoms with Gasteiger partial charge in [0.1, 0.15) is 5.75 Å².